The molecule has 0 aliphatic heterocycles. The van der Waals surface area contributed by atoms with E-state index in [1.807, 2.05) is 19.2 Å². The van der Waals surface area contributed by atoms with Crippen LogP contribution in [0, 0.1) is 6.92 Å². The molecule has 0 unspecified atom stereocenters. The van der Waals surface area contributed by atoms with Gasteiger partial charge in [0.2, 0.25) is 0 Å². The van der Waals surface area contributed by atoms with Crippen molar-refractivity contribution in [1.29, 1.82) is 0 Å². The summed E-state index contributed by atoms with van der Waals surface area (Å²) in [5.41, 5.74) is 2.09. The van der Waals surface area contributed by atoms with Crippen LogP contribution >= 0.6 is 0 Å². The predicted octanol–water partition coefficient (Wildman–Crippen LogP) is 1.51. The lowest BCUT2D eigenvalue weighted by Crippen LogP contribution is -2.17. The molecule has 0 saturated carbocycles. The Bertz CT molecular complexity index is 1050. The lowest BCUT2D eigenvalue weighted by Gasteiger charge is -2.03. The molecule has 0 aliphatic rings. The molecule has 0 radical (unpaired) electrons. The maximum Gasteiger partial charge on any atom is 0.280 e. The Morgan fingerprint density at radius 3 is 2.79 bits per heavy atom. The minimum Gasteiger partial charge on any atom is -0.296 e. The van der Waals surface area contributed by atoms with Crippen LogP contribution in [-0.4, -0.2) is 34.5 Å². The Labute approximate surface area is 136 Å². The fourth-order valence-corrected chi connectivity index (χ4v) is 2.39. The molecule has 118 valence electrons. The highest BCUT2D eigenvalue weighted by atomic mass is 16.1. The van der Waals surface area contributed by atoms with Crippen molar-refractivity contribution in [1.82, 2.24) is 34.5 Å². The second-order valence-electron chi connectivity index (χ2n) is 5.27. The van der Waals surface area contributed by atoms with Crippen molar-refractivity contribution >= 4 is 0 Å². The molecule has 4 rings (SSSR count). The summed E-state index contributed by atoms with van der Waals surface area (Å²) in [6, 6.07) is 5.31. The molecule has 1 N–H and O–H groups in total. The molecule has 0 aliphatic carbocycles. The van der Waals surface area contributed by atoms with Gasteiger partial charge in [-0.25, -0.2) is 19.3 Å². The lowest BCUT2D eigenvalue weighted by atomic mass is 10.2. The molecule has 0 aromatic carbocycles. The number of H-pyrrole nitrogens is 1. The van der Waals surface area contributed by atoms with Gasteiger partial charge in [0.1, 0.15) is 6.33 Å². The molecule has 0 fully saturated rings. The Morgan fingerprint density at radius 1 is 1.17 bits per heavy atom. The summed E-state index contributed by atoms with van der Waals surface area (Å²) in [6.07, 6.45) is 9.94. The van der Waals surface area contributed by atoms with E-state index in [-0.39, 0.29) is 5.56 Å². The highest BCUT2D eigenvalue weighted by Gasteiger charge is 2.12. The van der Waals surface area contributed by atoms with Crippen LogP contribution in [0.4, 0.5) is 0 Å². The minimum atomic E-state index is -0.204. The summed E-state index contributed by atoms with van der Waals surface area (Å²) in [5, 5.41) is 7.15. The summed E-state index contributed by atoms with van der Waals surface area (Å²) >= 11 is 0. The molecule has 24 heavy (non-hydrogen) atoms. The van der Waals surface area contributed by atoms with Crippen LogP contribution in [0.25, 0.3) is 22.8 Å². The number of nitrogens with zero attached hydrogens (tertiary/aromatic N) is 6. The number of aryl methyl sites for hydroxylation is 1. The predicted molar refractivity (Wildman–Crippen MR) is 87.1 cm³/mol. The molecule has 4 aromatic rings. The Hall–Kier alpha value is -3.55. The summed E-state index contributed by atoms with van der Waals surface area (Å²) < 4.78 is 3.00. The normalized spacial score (nSPS) is 10.9. The van der Waals surface area contributed by atoms with Gasteiger partial charge >= 0.3 is 0 Å². The number of aromatic amines is 1. The number of pyridine rings is 1. The summed E-state index contributed by atoms with van der Waals surface area (Å²) in [4.78, 5) is 25.1. The monoisotopic (exact) mass is 319 g/mol. The van der Waals surface area contributed by atoms with Gasteiger partial charge in [0.25, 0.3) is 5.56 Å². The van der Waals surface area contributed by atoms with Crippen LogP contribution < -0.4 is 5.56 Å². The first-order valence-electron chi connectivity index (χ1n) is 7.27. The average molecular weight is 319 g/mol. The van der Waals surface area contributed by atoms with Gasteiger partial charge in [0.05, 0.1) is 11.8 Å². The van der Waals surface area contributed by atoms with Crippen molar-refractivity contribution in [2.24, 2.45) is 0 Å². The third kappa shape index (κ3) is 2.39. The van der Waals surface area contributed by atoms with Gasteiger partial charge in [0, 0.05) is 36.4 Å². The first-order valence-corrected chi connectivity index (χ1v) is 7.27. The first-order chi connectivity index (χ1) is 11.7. The number of hydrogen-bond acceptors (Lipinski definition) is 5. The molecular weight excluding hydrogens is 306 g/mol. The van der Waals surface area contributed by atoms with Crippen molar-refractivity contribution in [3.63, 3.8) is 0 Å². The standard InChI is InChI=1S/C16H13N7O/c1-11-6-20-22(9-11)14-5-15(19-10-18-14)23-16(24)13(8-21-23)12-3-2-4-17-7-12/h2-10,21H,1H3. The van der Waals surface area contributed by atoms with Crippen molar-refractivity contribution < 1.29 is 0 Å². The van der Waals surface area contributed by atoms with Crippen LogP contribution in [0.1, 0.15) is 5.56 Å². The number of rotatable bonds is 3. The molecule has 0 saturated heterocycles. The molecule has 0 bridgehead atoms. The SMILES string of the molecule is Cc1cnn(-c2cc(-n3[nH]cc(-c4cccnc4)c3=O)ncn2)c1. The van der Waals surface area contributed by atoms with E-state index in [1.165, 1.54) is 11.0 Å². The fraction of sp³-hybridized carbons (Fsp3) is 0.0625. The number of aromatic nitrogens is 7. The third-order valence-electron chi connectivity index (χ3n) is 3.56. The molecule has 0 amide bonds. The summed E-state index contributed by atoms with van der Waals surface area (Å²) in [7, 11) is 0. The zero-order chi connectivity index (χ0) is 16.5. The fourth-order valence-electron chi connectivity index (χ4n) is 2.39. The maximum atomic E-state index is 12.6. The summed E-state index contributed by atoms with van der Waals surface area (Å²) in [6.45, 7) is 1.95. The zero-order valence-corrected chi connectivity index (χ0v) is 12.8. The van der Waals surface area contributed by atoms with E-state index >= 15 is 0 Å². The van der Waals surface area contributed by atoms with E-state index in [1.54, 1.807) is 41.6 Å². The van der Waals surface area contributed by atoms with E-state index in [4.69, 9.17) is 0 Å². The first kappa shape index (κ1) is 14.1. The molecule has 4 aromatic heterocycles. The lowest BCUT2D eigenvalue weighted by molar-refractivity contribution is 0.789. The van der Waals surface area contributed by atoms with Gasteiger partial charge in [-0.05, 0) is 18.6 Å². The quantitative estimate of drug-likeness (QED) is 0.618. The Kier molecular flexibility index (Phi) is 3.27. The zero-order valence-electron chi connectivity index (χ0n) is 12.8. The Balaban J connectivity index is 1.78. The largest absolute Gasteiger partial charge is 0.296 e. The van der Waals surface area contributed by atoms with Gasteiger partial charge in [0.15, 0.2) is 11.6 Å². The second-order valence-corrected chi connectivity index (χ2v) is 5.27. The van der Waals surface area contributed by atoms with E-state index in [0.717, 1.165) is 11.1 Å². The van der Waals surface area contributed by atoms with Gasteiger partial charge in [-0.15, -0.1) is 0 Å². The molecule has 4 heterocycles. The molecule has 8 heteroatoms. The van der Waals surface area contributed by atoms with Crippen molar-refractivity contribution in [3.8, 4) is 22.8 Å². The number of nitrogens with one attached hydrogen (secondary N) is 1. The minimum absolute atomic E-state index is 0.204. The third-order valence-corrected chi connectivity index (χ3v) is 3.56. The van der Waals surface area contributed by atoms with Crippen LogP contribution in [0.2, 0.25) is 0 Å². The van der Waals surface area contributed by atoms with Crippen molar-refractivity contribution in [2.75, 3.05) is 0 Å². The average Bonchev–Trinajstić information content (AvgIpc) is 3.22. The van der Waals surface area contributed by atoms with Gasteiger partial charge in [-0.1, -0.05) is 6.07 Å². The van der Waals surface area contributed by atoms with Crippen molar-refractivity contribution in [2.45, 2.75) is 6.92 Å². The molecule has 8 nitrogen and oxygen atoms in total. The van der Waals surface area contributed by atoms with Gasteiger partial charge in [-0.3, -0.25) is 14.9 Å². The topological polar surface area (TPSA) is 94.3 Å². The highest BCUT2D eigenvalue weighted by molar-refractivity contribution is 5.60. The second kappa shape index (κ2) is 5.58. The molecular formula is C16H13N7O. The van der Waals surface area contributed by atoms with E-state index in [0.29, 0.717) is 17.2 Å². The van der Waals surface area contributed by atoms with E-state index in [9.17, 15) is 4.79 Å². The smallest absolute Gasteiger partial charge is 0.280 e. The number of hydrogen-bond donors (Lipinski definition) is 1. The van der Waals surface area contributed by atoms with Crippen LogP contribution in [-0.2, 0) is 0 Å². The van der Waals surface area contributed by atoms with E-state index in [2.05, 4.69) is 25.1 Å². The maximum absolute atomic E-state index is 12.6. The Morgan fingerprint density at radius 2 is 2.04 bits per heavy atom. The van der Waals surface area contributed by atoms with Crippen LogP contribution in [0.5, 0.6) is 0 Å². The van der Waals surface area contributed by atoms with E-state index < -0.39 is 0 Å². The molecule has 0 atom stereocenters. The summed E-state index contributed by atoms with van der Waals surface area (Å²) in [5.74, 6) is 1.02. The van der Waals surface area contributed by atoms with Gasteiger partial charge in [-0.2, -0.15) is 5.10 Å². The molecule has 0 spiro atoms. The van der Waals surface area contributed by atoms with Crippen LogP contribution in [0.3, 0.4) is 0 Å². The van der Waals surface area contributed by atoms with Crippen LogP contribution in [0.15, 0.2) is 60.3 Å². The van der Waals surface area contributed by atoms with Gasteiger partial charge < -0.3 is 0 Å². The highest BCUT2D eigenvalue weighted by Crippen LogP contribution is 2.14. The van der Waals surface area contributed by atoms with Crippen molar-refractivity contribution in [3.05, 3.63) is 71.4 Å².